The van der Waals surface area contributed by atoms with Gasteiger partial charge in [-0.1, -0.05) is 46.3 Å². The highest BCUT2D eigenvalue weighted by atomic mass is 79.9. The Morgan fingerprint density at radius 2 is 1.39 bits per heavy atom. The lowest BCUT2D eigenvalue weighted by Gasteiger charge is -2.08. The predicted octanol–water partition coefficient (Wildman–Crippen LogP) is 5.25. The molecular weight excluding hydrogens is 350 g/mol. The van der Waals surface area contributed by atoms with E-state index in [1.807, 2.05) is 0 Å². The van der Waals surface area contributed by atoms with Gasteiger partial charge in [0.2, 0.25) is 0 Å². The van der Waals surface area contributed by atoms with Crippen LogP contribution >= 0.6 is 15.9 Å². The van der Waals surface area contributed by atoms with E-state index in [1.54, 1.807) is 12.4 Å². The summed E-state index contributed by atoms with van der Waals surface area (Å²) in [6, 6.07) is 16.9. The topological polar surface area (TPSA) is 38.7 Å². The molecule has 3 nitrogen and oxygen atoms in total. The molecule has 0 aliphatic carbocycles. The van der Waals surface area contributed by atoms with Crippen molar-refractivity contribution in [1.82, 2.24) is 15.0 Å². The molecule has 0 aliphatic heterocycles. The fourth-order valence-corrected chi connectivity index (χ4v) is 3.68. The molecule has 0 aliphatic rings. The lowest BCUT2D eigenvalue weighted by molar-refractivity contribution is 1.25. The van der Waals surface area contributed by atoms with Gasteiger partial charge in [0.1, 0.15) is 5.52 Å². The Morgan fingerprint density at radius 1 is 0.652 bits per heavy atom. The third kappa shape index (κ3) is 1.85. The number of hydrogen-bond acceptors (Lipinski definition) is 3. The molecule has 0 N–H and O–H groups in total. The maximum Gasteiger partial charge on any atom is 0.178 e. The molecule has 0 radical (unpaired) electrons. The van der Waals surface area contributed by atoms with E-state index in [1.165, 1.54) is 21.5 Å². The number of nitrogens with zero attached hydrogens (tertiary/aromatic N) is 3. The molecule has 0 saturated carbocycles. The van der Waals surface area contributed by atoms with E-state index in [-0.39, 0.29) is 0 Å². The van der Waals surface area contributed by atoms with Crippen molar-refractivity contribution in [3.8, 4) is 0 Å². The number of fused-ring (bicyclic) bond motifs is 6. The van der Waals surface area contributed by atoms with Crippen LogP contribution < -0.4 is 0 Å². The fraction of sp³-hybridized carbons (Fsp3) is 0. The predicted molar refractivity (Wildman–Crippen MR) is 97.6 cm³/mol. The maximum absolute atomic E-state index is 4.64. The summed E-state index contributed by atoms with van der Waals surface area (Å²) in [5, 5.41) is 5.97. The number of pyridine rings is 1. The molecule has 0 atom stereocenters. The van der Waals surface area contributed by atoms with Crippen LogP contribution in [0.5, 0.6) is 0 Å². The summed E-state index contributed by atoms with van der Waals surface area (Å²) in [6.07, 6.45) is 3.38. The Balaban J connectivity index is 2.01. The average Bonchev–Trinajstić information content (AvgIpc) is 2.60. The number of hydrogen-bond donors (Lipinski definition) is 0. The normalized spacial score (nSPS) is 11.7. The highest BCUT2D eigenvalue weighted by Crippen LogP contribution is 2.34. The van der Waals surface area contributed by atoms with Crippen LogP contribution in [0.4, 0.5) is 0 Å². The van der Waals surface area contributed by atoms with Gasteiger partial charge in [-0.25, -0.2) is 9.97 Å². The SMILES string of the molecule is Brc1cccc2c1ccc1c3cc4nccnc4nc3ccc21. The zero-order valence-corrected chi connectivity index (χ0v) is 13.6. The molecule has 2 aromatic heterocycles. The highest BCUT2D eigenvalue weighted by molar-refractivity contribution is 9.10. The minimum Gasteiger partial charge on any atom is -0.251 e. The monoisotopic (exact) mass is 359 g/mol. The molecule has 0 amide bonds. The minimum absolute atomic E-state index is 0.683. The van der Waals surface area contributed by atoms with Gasteiger partial charge in [0.15, 0.2) is 5.65 Å². The Hall–Kier alpha value is -2.59. The fourth-order valence-electron chi connectivity index (χ4n) is 3.18. The van der Waals surface area contributed by atoms with Crippen LogP contribution in [0.15, 0.2) is 65.4 Å². The van der Waals surface area contributed by atoms with Crippen molar-refractivity contribution >= 4 is 59.5 Å². The zero-order chi connectivity index (χ0) is 15.4. The van der Waals surface area contributed by atoms with E-state index in [4.69, 9.17) is 0 Å². The van der Waals surface area contributed by atoms with Crippen LogP contribution in [0.2, 0.25) is 0 Å². The van der Waals surface area contributed by atoms with Crippen molar-refractivity contribution in [3.63, 3.8) is 0 Å². The smallest absolute Gasteiger partial charge is 0.178 e. The standard InChI is InChI=1S/C19H10BrN3/c20-16-3-1-2-11-12-6-7-17-15(13(12)4-5-14(11)16)10-18-19(23-17)22-9-8-21-18/h1-10H. The molecule has 0 saturated heterocycles. The van der Waals surface area contributed by atoms with Crippen LogP contribution in [-0.2, 0) is 0 Å². The van der Waals surface area contributed by atoms with Crippen LogP contribution in [0.25, 0.3) is 43.6 Å². The van der Waals surface area contributed by atoms with Crippen LogP contribution in [0.1, 0.15) is 0 Å². The molecule has 0 spiro atoms. The lowest BCUT2D eigenvalue weighted by Crippen LogP contribution is -1.89. The van der Waals surface area contributed by atoms with Gasteiger partial charge in [-0.2, -0.15) is 0 Å². The maximum atomic E-state index is 4.64. The molecule has 3 aromatic carbocycles. The van der Waals surface area contributed by atoms with Crippen molar-refractivity contribution in [1.29, 1.82) is 0 Å². The quantitative estimate of drug-likeness (QED) is 0.280. The summed E-state index contributed by atoms with van der Waals surface area (Å²) < 4.78 is 1.11. The van der Waals surface area contributed by atoms with Gasteiger partial charge in [0.05, 0.1) is 5.52 Å². The molecule has 0 unspecified atom stereocenters. The van der Waals surface area contributed by atoms with Crippen LogP contribution in [0, 0.1) is 0 Å². The molecule has 0 bridgehead atoms. The van der Waals surface area contributed by atoms with E-state index in [0.717, 1.165) is 20.9 Å². The van der Waals surface area contributed by atoms with Crippen molar-refractivity contribution in [2.45, 2.75) is 0 Å². The number of rotatable bonds is 0. The molecule has 108 valence electrons. The molecule has 4 heteroatoms. The van der Waals surface area contributed by atoms with Gasteiger partial charge in [-0.05, 0) is 39.7 Å². The van der Waals surface area contributed by atoms with Gasteiger partial charge in [-0.15, -0.1) is 0 Å². The lowest BCUT2D eigenvalue weighted by atomic mass is 9.99. The van der Waals surface area contributed by atoms with Crippen LogP contribution in [-0.4, -0.2) is 15.0 Å². The third-order valence-electron chi connectivity index (χ3n) is 4.24. The van der Waals surface area contributed by atoms with Gasteiger partial charge < -0.3 is 0 Å². The van der Waals surface area contributed by atoms with E-state index < -0.39 is 0 Å². The van der Waals surface area contributed by atoms with Gasteiger partial charge in [0.25, 0.3) is 0 Å². The molecule has 2 heterocycles. The van der Waals surface area contributed by atoms with Gasteiger partial charge in [-0.3, -0.25) is 4.98 Å². The van der Waals surface area contributed by atoms with Gasteiger partial charge in [0, 0.05) is 22.3 Å². The molecule has 23 heavy (non-hydrogen) atoms. The number of aromatic nitrogens is 3. The largest absolute Gasteiger partial charge is 0.251 e. The van der Waals surface area contributed by atoms with E-state index >= 15 is 0 Å². The first kappa shape index (κ1) is 12.9. The van der Waals surface area contributed by atoms with E-state index in [9.17, 15) is 0 Å². The van der Waals surface area contributed by atoms with Gasteiger partial charge >= 0.3 is 0 Å². The summed E-state index contributed by atoms with van der Waals surface area (Å²) in [5.41, 5.74) is 2.45. The molecular formula is C19H10BrN3. The Labute approximate surface area is 140 Å². The first-order valence-corrected chi connectivity index (χ1v) is 8.12. The second-order valence-corrected chi connectivity index (χ2v) is 6.37. The first-order valence-electron chi connectivity index (χ1n) is 7.33. The van der Waals surface area contributed by atoms with Crippen molar-refractivity contribution < 1.29 is 0 Å². The third-order valence-corrected chi connectivity index (χ3v) is 4.93. The number of halogens is 1. The van der Waals surface area contributed by atoms with Crippen molar-refractivity contribution in [3.05, 3.63) is 65.4 Å². The van der Waals surface area contributed by atoms with Crippen molar-refractivity contribution in [2.75, 3.05) is 0 Å². The molecule has 5 aromatic rings. The van der Waals surface area contributed by atoms with E-state index in [2.05, 4.69) is 79.4 Å². The summed E-state index contributed by atoms with van der Waals surface area (Å²) in [5.74, 6) is 0. The average molecular weight is 360 g/mol. The molecule has 0 fully saturated rings. The Morgan fingerprint density at radius 3 is 2.35 bits per heavy atom. The second kappa shape index (κ2) is 4.70. The summed E-state index contributed by atoms with van der Waals surface area (Å²) in [6.45, 7) is 0. The van der Waals surface area contributed by atoms with Crippen LogP contribution in [0.3, 0.4) is 0 Å². The van der Waals surface area contributed by atoms with E-state index in [0.29, 0.717) is 5.65 Å². The second-order valence-electron chi connectivity index (χ2n) is 5.52. The number of benzene rings is 3. The zero-order valence-electron chi connectivity index (χ0n) is 12.0. The van der Waals surface area contributed by atoms with Crippen molar-refractivity contribution in [2.24, 2.45) is 0 Å². The summed E-state index contributed by atoms with van der Waals surface area (Å²) in [4.78, 5) is 13.3. The molecule has 5 rings (SSSR count). The first-order chi connectivity index (χ1) is 11.3. The summed E-state index contributed by atoms with van der Waals surface area (Å²) in [7, 11) is 0. The summed E-state index contributed by atoms with van der Waals surface area (Å²) >= 11 is 3.63. The minimum atomic E-state index is 0.683. The highest BCUT2D eigenvalue weighted by Gasteiger charge is 2.08. The Bertz CT molecular complexity index is 1230. The Kier molecular flexibility index (Phi) is 2.64.